The van der Waals surface area contributed by atoms with Crippen LogP contribution in [0, 0.1) is 0 Å². The first-order chi connectivity index (χ1) is 9.65. The van der Waals surface area contributed by atoms with Crippen LogP contribution in [0.4, 0.5) is 0 Å². The topological polar surface area (TPSA) is 29.1 Å². The molecule has 2 rings (SSSR count). The third kappa shape index (κ3) is 4.39. The second-order valence-corrected chi connectivity index (χ2v) is 5.36. The first-order valence-electron chi connectivity index (χ1n) is 6.71. The molecule has 0 radical (unpaired) electrons. The molecule has 1 amide bonds. The van der Waals surface area contributed by atoms with Gasteiger partial charge in [-0.15, -0.1) is 0 Å². The average molecular weight is 288 g/mol. The molecule has 0 aromatic heterocycles. The van der Waals surface area contributed by atoms with Crippen molar-refractivity contribution in [2.24, 2.45) is 0 Å². The van der Waals surface area contributed by atoms with Gasteiger partial charge in [-0.25, -0.2) is 0 Å². The summed E-state index contributed by atoms with van der Waals surface area (Å²) in [6.45, 7) is 2.69. The first kappa shape index (κ1) is 14.6. The Bertz CT molecular complexity index is 568. The normalized spacial score (nSPS) is 11.9. The fourth-order valence-corrected chi connectivity index (χ4v) is 2.24. The van der Waals surface area contributed by atoms with E-state index in [1.165, 1.54) is 0 Å². The van der Waals surface area contributed by atoms with E-state index in [1.54, 1.807) is 0 Å². The summed E-state index contributed by atoms with van der Waals surface area (Å²) >= 11 is 5.97. The number of carbonyl (C=O) groups excluding carboxylic acids is 1. The Balaban J connectivity index is 1.84. The Morgan fingerprint density at radius 2 is 1.90 bits per heavy atom. The molecule has 2 nitrogen and oxygen atoms in total. The lowest BCUT2D eigenvalue weighted by atomic mass is 10.0. The molecule has 0 bridgehead atoms. The summed E-state index contributed by atoms with van der Waals surface area (Å²) in [5.74, 6) is 0.290. The van der Waals surface area contributed by atoms with E-state index >= 15 is 0 Å². The highest BCUT2D eigenvalue weighted by molar-refractivity contribution is 6.30. The van der Waals surface area contributed by atoms with E-state index in [4.69, 9.17) is 11.6 Å². The monoisotopic (exact) mass is 287 g/mol. The number of hydrogen-bond acceptors (Lipinski definition) is 1. The molecular weight excluding hydrogens is 270 g/mol. The zero-order valence-electron chi connectivity index (χ0n) is 11.5. The predicted octanol–water partition coefficient (Wildman–Crippen LogP) is 3.80. The van der Waals surface area contributed by atoms with Crippen LogP contribution in [0.2, 0.25) is 5.02 Å². The van der Waals surface area contributed by atoms with Crippen LogP contribution < -0.4 is 5.32 Å². The van der Waals surface area contributed by atoms with E-state index in [0.29, 0.717) is 13.0 Å². The van der Waals surface area contributed by atoms with Gasteiger partial charge in [0, 0.05) is 11.6 Å². The van der Waals surface area contributed by atoms with Crippen LogP contribution in [0.3, 0.4) is 0 Å². The molecule has 104 valence electrons. The van der Waals surface area contributed by atoms with Crippen LogP contribution in [0.25, 0.3) is 0 Å². The van der Waals surface area contributed by atoms with Gasteiger partial charge in [0.2, 0.25) is 5.91 Å². The molecule has 0 aliphatic rings. The number of carbonyl (C=O) groups is 1. The molecule has 0 unspecified atom stereocenters. The van der Waals surface area contributed by atoms with E-state index < -0.39 is 0 Å². The summed E-state index contributed by atoms with van der Waals surface area (Å²) in [6, 6.07) is 17.5. The van der Waals surface area contributed by atoms with Crippen molar-refractivity contribution in [1.82, 2.24) is 5.32 Å². The number of halogens is 1. The lowest BCUT2D eigenvalue weighted by Gasteiger charge is -2.13. The van der Waals surface area contributed by atoms with Crippen molar-refractivity contribution < 1.29 is 4.79 Å². The van der Waals surface area contributed by atoms with Gasteiger partial charge in [-0.2, -0.15) is 0 Å². The Morgan fingerprint density at radius 3 is 2.60 bits per heavy atom. The van der Waals surface area contributed by atoms with Crippen LogP contribution >= 0.6 is 11.6 Å². The maximum Gasteiger partial charge on any atom is 0.224 e. The highest BCUT2D eigenvalue weighted by Crippen LogP contribution is 2.18. The van der Waals surface area contributed by atoms with Crippen LogP contribution in [0.5, 0.6) is 0 Å². The largest absolute Gasteiger partial charge is 0.355 e. The maximum absolute atomic E-state index is 11.9. The van der Waals surface area contributed by atoms with E-state index in [-0.39, 0.29) is 11.8 Å². The quantitative estimate of drug-likeness (QED) is 0.890. The van der Waals surface area contributed by atoms with Gasteiger partial charge >= 0.3 is 0 Å². The Labute approximate surface area is 124 Å². The molecule has 0 heterocycles. The van der Waals surface area contributed by atoms with Gasteiger partial charge in [0.1, 0.15) is 0 Å². The molecule has 2 aromatic rings. The van der Waals surface area contributed by atoms with Crippen molar-refractivity contribution in [3.05, 3.63) is 70.7 Å². The van der Waals surface area contributed by atoms with Crippen LogP contribution in [0.15, 0.2) is 54.6 Å². The highest BCUT2D eigenvalue weighted by Gasteiger charge is 2.08. The van der Waals surface area contributed by atoms with Crippen molar-refractivity contribution in [2.45, 2.75) is 19.3 Å². The minimum absolute atomic E-state index is 0.0464. The molecule has 0 aliphatic heterocycles. The van der Waals surface area contributed by atoms with E-state index in [2.05, 4.69) is 12.2 Å². The summed E-state index contributed by atoms with van der Waals surface area (Å²) in [4.78, 5) is 11.9. The molecule has 1 atom stereocenters. The number of amides is 1. The zero-order chi connectivity index (χ0) is 14.4. The molecule has 1 N–H and O–H groups in total. The van der Waals surface area contributed by atoms with Crippen molar-refractivity contribution in [3.8, 4) is 0 Å². The van der Waals surface area contributed by atoms with Crippen molar-refractivity contribution in [1.29, 1.82) is 0 Å². The van der Waals surface area contributed by atoms with Crippen LogP contribution in [0.1, 0.15) is 24.0 Å². The van der Waals surface area contributed by atoms with Gasteiger partial charge in [-0.1, -0.05) is 61.0 Å². The number of benzene rings is 2. The van der Waals surface area contributed by atoms with Gasteiger partial charge in [0.25, 0.3) is 0 Å². The summed E-state index contributed by atoms with van der Waals surface area (Å²) in [5.41, 5.74) is 2.16. The smallest absolute Gasteiger partial charge is 0.224 e. The van der Waals surface area contributed by atoms with Crippen molar-refractivity contribution >= 4 is 17.5 Å². The van der Waals surface area contributed by atoms with Crippen LogP contribution in [-0.2, 0) is 11.2 Å². The lowest BCUT2D eigenvalue weighted by molar-refractivity contribution is -0.120. The Kier molecular flexibility index (Phi) is 5.19. The minimum Gasteiger partial charge on any atom is -0.355 e. The first-order valence-corrected chi connectivity index (χ1v) is 7.09. The maximum atomic E-state index is 11.9. The number of nitrogens with one attached hydrogen (secondary N) is 1. The fourth-order valence-electron chi connectivity index (χ4n) is 2.04. The number of hydrogen-bond donors (Lipinski definition) is 1. The summed E-state index contributed by atoms with van der Waals surface area (Å²) in [5, 5.41) is 3.69. The van der Waals surface area contributed by atoms with Crippen LogP contribution in [-0.4, -0.2) is 12.5 Å². The minimum atomic E-state index is 0.0464. The molecule has 20 heavy (non-hydrogen) atoms. The molecule has 0 spiro atoms. The second kappa shape index (κ2) is 7.11. The average Bonchev–Trinajstić information content (AvgIpc) is 2.46. The van der Waals surface area contributed by atoms with E-state index in [9.17, 15) is 4.79 Å². The Hall–Kier alpha value is -1.80. The standard InChI is InChI=1S/C17H18ClNO/c1-13(15-8-5-9-16(18)11-15)12-19-17(20)10-14-6-3-2-4-7-14/h2-9,11,13H,10,12H2,1H3,(H,19,20)/t13-/m1/s1. The van der Waals surface area contributed by atoms with Gasteiger partial charge < -0.3 is 5.32 Å². The van der Waals surface area contributed by atoms with Gasteiger partial charge in [0.15, 0.2) is 0 Å². The van der Waals surface area contributed by atoms with Crippen molar-refractivity contribution in [3.63, 3.8) is 0 Å². The summed E-state index contributed by atoms with van der Waals surface area (Å²) in [6.07, 6.45) is 0.420. The summed E-state index contributed by atoms with van der Waals surface area (Å²) in [7, 11) is 0. The highest BCUT2D eigenvalue weighted by atomic mass is 35.5. The molecular formula is C17H18ClNO. The Morgan fingerprint density at radius 1 is 1.15 bits per heavy atom. The molecule has 0 saturated carbocycles. The predicted molar refractivity (Wildman–Crippen MR) is 83.0 cm³/mol. The van der Waals surface area contributed by atoms with E-state index in [1.807, 2.05) is 54.6 Å². The van der Waals surface area contributed by atoms with Gasteiger partial charge in [-0.3, -0.25) is 4.79 Å². The van der Waals surface area contributed by atoms with Gasteiger partial charge in [0.05, 0.1) is 6.42 Å². The van der Waals surface area contributed by atoms with Crippen molar-refractivity contribution in [2.75, 3.05) is 6.54 Å². The SMILES string of the molecule is C[C@H](CNC(=O)Cc1ccccc1)c1cccc(Cl)c1. The third-order valence-corrected chi connectivity index (χ3v) is 3.47. The third-order valence-electron chi connectivity index (χ3n) is 3.23. The second-order valence-electron chi connectivity index (χ2n) is 4.92. The zero-order valence-corrected chi connectivity index (χ0v) is 12.2. The molecule has 0 aliphatic carbocycles. The molecule has 2 aromatic carbocycles. The molecule has 0 saturated heterocycles. The fraction of sp³-hybridized carbons (Fsp3) is 0.235. The lowest BCUT2D eigenvalue weighted by Crippen LogP contribution is -2.28. The van der Waals surface area contributed by atoms with Gasteiger partial charge in [-0.05, 0) is 29.2 Å². The van der Waals surface area contributed by atoms with E-state index in [0.717, 1.165) is 16.1 Å². The summed E-state index contributed by atoms with van der Waals surface area (Å²) < 4.78 is 0. The molecule has 3 heteroatoms. The number of rotatable bonds is 5. The molecule has 0 fully saturated rings.